The van der Waals surface area contributed by atoms with Gasteiger partial charge >= 0.3 is 0 Å². The summed E-state index contributed by atoms with van der Waals surface area (Å²) in [5.41, 5.74) is 4.36. The van der Waals surface area contributed by atoms with E-state index in [1.165, 1.54) is 24.3 Å². The van der Waals surface area contributed by atoms with E-state index in [9.17, 15) is 8.42 Å². The average molecular weight is 388 g/mol. The number of nitriles is 1. The highest BCUT2D eigenvalue weighted by Crippen LogP contribution is 2.24. The Morgan fingerprint density at radius 3 is 2.61 bits per heavy atom. The highest BCUT2D eigenvalue weighted by Gasteiger charge is 2.15. The first-order valence-corrected chi connectivity index (χ1v) is 10.0. The average Bonchev–Trinajstić information content (AvgIpc) is 3.11. The Kier molecular flexibility index (Phi) is 4.34. The van der Waals surface area contributed by atoms with E-state index in [-0.39, 0.29) is 4.90 Å². The molecule has 2 heterocycles. The lowest BCUT2D eigenvalue weighted by Gasteiger charge is -2.09. The largest absolute Gasteiger partial charge is 0.306 e. The molecule has 0 radical (unpaired) electrons. The quantitative estimate of drug-likeness (QED) is 0.573. The lowest BCUT2D eigenvalue weighted by atomic mass is 10.1. The van der Waals surface area contributed by atoms with E-state index in [4.69, 9.17) is 5.26 Å². The van der Waals surface area contributed by atoms with E-state index >= 15 is 0 Å². The minimum atomic E-state index is -3.75. The summed E-state index contributed by atoms with van der Waals surface area (Å²) in [5, 5.41) is 8.85. The number of hydrogen-bond donors (Lipinski definition) is 1. The molecule has 28 heavy (non-hydrogen) atoms. The van der Waals surface area contributed by atoms with Gasteiger partial charge in [-0.1, -0.05) is 12.1 Å². The van der Waals surface area contributed by atoms with Crippen molar-refractivity contribution in [1.82, 2.24) is 9.38 Å². The van der Waals surface area contributed by atoms with E-state index in [1.54, 1.807) is 18.2 Å². The summed E-state index contributed by atoms with van der Waals surface area (Å²) in [5.74, 6) is 0. The first kappa shape index (κ1) is 17.8. The normalized spacial score (nSPS) is 11.3. The molecule has 2 aromatic carbocycles. The second kappa shape index (κ2) is 6.83. The van der Waals surface area contributed by atoms with Gasteiger partial charge in [0, 0.05) is 23.6 Å². The summed E-state index contributed by atoms with van der Waals surface area (Å²) >= 11 is 0. The molecule has 0 amide bonds. The van der Waals surface area contributed by atoms with Crippen LogP contribution in [0.25, 0.3) is 16.9 Å². The van der Waals surface area contributed by atoms with Crippen molar-refractivity contribution in [3.63, 3.8) is 0 Å². The molecule has 4 rings (SSSR count). The van der Waals surface area contributed by atoms with E-state index < -0.39 is 10.0 Å². The van der Waals surface area contributed by atoms with Gasteiger partial charge in [-0.15, -0.1) is 0 Å². The molecule has 0 spiro atoms. The van der Waals surface area contributed by atoms with Crippen LogP contribution < -0.4 is 4.72 Å². The zero-order chi connectivity index (χ0) is 19.7. The van der Waals surface area contributed by atoms with Crippen molar-refractivity contribution in [3.05, 3.63) is 84.2 Å². The number of hydrogen-bond acceptors (Lipinski definition) is 4. The maximum atomic E-state index is 12.6. The second-order valence-corrected chi connectivity index (χ2v) is 8.10. The molecular weight excluding hydrogens is 372 g/mol. The third-order valence-electron chi connectivity index (χ3n) is 4.32. The fourth-order valence-corrected chi connectivity index (χ4v) is 3.94. The van der Waals surface area contributed by atoms with Gasteiger partial charge < -0.3 is 4.40 Å². The number of nitrogens with one attached hydrogen (secondary N) is 1. The predicted molar refractivity (Wildman–Crippen MR) is 107 cm³/mol. The van der Waals surface area contributed by atoms with Crippen molar-refractivity contribution in [2.45, 2.75) is 11.8 Å². The van der Waals surface area contributed by atoms with Crippen LogP contribution in [0.3, 0.4) is 0 Å². The fraction of sp³-hybridized carbons (Fsp3) is 0.0476. The number of nitrogens with zero attached hydrogens (tertiary/aromatic N) is 3. The number of anilines is 1. The molecule has 0 atom stereocenters. The molecule has 0 fully saturated rings. The van der Waals surface area contributed by atoms with Crippen LogP contribution >= 0.6 is 0 Å². The Bertz CT molecular complexity index is 1320. The van der Waals surface area contributed by atoms with Crippen LogP contribution in [0.15, 0.2) is 78.0 Å². The van der Waals surface area contributed by atoms with E-state index in [0.29, 0.717) is 11.3 Å². The maximum absolute atomic E-state index is 12.6. The van der Waals surface area contributed by atoms with Gasteiger partial charge in [0.25, 0.3) is 10.0 Å². The maximum Gasteiger partial charge on any atom is 0.261 e. The second-order valence-electron chi connectivity index (χ2n) is 6.42. The molecule has 0 aliphatic rings. The van der Waals surface area contributed by atoms with Crippen LogP contribution in [-0.4, -0.2) is 17.8 Å². The van der Waals surface area contributed by atoms with Crippen LogP contribution in [0.5, 0.6) is 0 Å². The number of aromatic nitrogens is 2. The number of rotatable bonds is 4. The Labute approximate surface area is 162 Å². The van der Waals surface area contributed by atoms with Crippen molar-refractivity contribution < 1.29 is 8.42 Å². The molecule has 138 valence electrons. The lowest BCUT2D eigenvalue weighted by molar-refractivity contribution is 0.601. The van der Waals surface area contributed by atoms with Gasteiger partial charge in [0.2, 0.25) is 0 Å². The minimum Gasteiger partial charge on any atom is -0.306 e. The number of aryl methyl sites for hydroxylation is 1. The molecule has 0 aliphatic heterocycles. The number of imidazole rings is 1. The van der Waals surface area contributed by atoms with Gasteiger partial charge in [-0.2, -0.15) is 5.26 Å². The van der Waals surface area contributed by atoms with Crippen molar-refractivity contribution in [2.75, 3.05) is 4.72 Å². The van der Waals surface area contributed by atoms with Crippen LogP contribution in [0.1, 0.15) is 11.1 Å². The summed E-state index contributed by atoms with van der Waals surface area (Å²) < 4.78 is 29.7. The molecular formula is C21H16N4O2S. The van der Waals surface area contributed by atoms with Crippen molar-refractivity contribution in [3.8, 4) is 17.3 Å². The summed E-state index contributed by atoms with van der Waals surface area (Å²) in [6, 6.07) is 18.8. The van der Waals surface area contributed by atoms with Crippen molar-refractivity contribution in [2.24, 2.45) is 0 Å². The molecule has 0 unspecified atom stereocenters. The SMILES string of the molecule is Cc1ccn2cc(-c3cccc(NS(=O)(=O)c4ccc(C#N)cc4)c3)nc2c1. The van der Waals surface area contributed by atoms with Gasteiger partial charge in [-0.05, 0) is 61.0 Å². The predicted octanol–water partition coefficient (Wildman–Crippen LogP) is 3.98. The first-order chi connectivity index (χ1) is 13.4. The van der Waals surface area contributed by atoms with Gasteiger partial charge in [-0.25, -0.2) is 13.4 Å². The van der Waals surface area contributed by atoms with Gasteiger partial charge in [0.1, 0.15) is 5.65 Å². The molecule has 0 saturated carbocycles. The Morgan fingerprint density at radius 1 is 1.07 bits per heavy atom. The molecule has 7 heteroatoms. The van der Waals surface area contributed by atoms with E-state index in [2.05, 4.69) is 9.71 Å². The highest BCUT2D eigenvalue weighted by atomic mass is 32.2. The van der Waals surface area contributed by atoms with Crippen LogP contribution in [0.2, 0.25) is 0 Å². The zero-order valence-corrected chi connectivity index (χ0v) is 15.8. The number of sulfonamides is 1. The molecule has 0 aliphatic carbocycles. The van der Waals surface area contributed by atoms with Crippen LogP contribution in [0, 0.1) is 18.3 Å². The Morgan fingerprint density at radius 2 is 1.86 bits per heavy atom. The third kappa shape index (κ3) is 3.46. The van der Waals surface area contributed by atoms with Crippen LogP contribution in [-0.2, 0) is 10.0 Å². The van der Waals surface area contributed by atoms with Crippen LogP contribution in [0.4, 0.5) is 5.69 Å². The first-order valence-electron chi connectivity index (χ1n) is 8.53. The fourth-order valence-electron chi connectivity index (χ4n) is 2.89. The van der Waals surface area contributed by atoms with Gasteiger partial charge in [0.15, 0.2) is 0 Å². The van der Waals surface area contributed by atoms with Gasteiger partial charge in [-0.3, -0.25) is 4.72 Å². The minimum absolute atomic E-state index is 0.0973. The molecule has 6 nitrogen and oxygen atoms in total. The summed E-state index contributed by atoms with van der Waals surface area (Å²) in [6.45, 7) is 2.01. The summed E-state index contributed by atoms with van der Waals surface area (Å²) in [4.78, 5) is 4.71. The standard InChI is InChI=1S/C21H16N4O2S/c1-15-9-10-25-14-20(23-21(25)11-15)17-3-2-4-18(12-17)24-28(26,27)19-7-5-16(13-22)6-8-19/h2-12,14,24H,1H3. The number of fused-ring (bicyclic) bond motifs is 1. The van der Waals surface area contributed by atoms with Crippen molar-refractivity contribution in [1.29, 1.82) is 5.26 Å². The molecule has 0 bridgehead atoms. The molecule has 0 saturated heterocycles. The molecule has 2 aromatic heterocycles. The van der Waals surface area contributed by atoms with E-state index in [0.717, 1.165) is 22.5 Å². The smallest absolute Gasteiger partial charge is 0.261 e. The summed E-state index contributed by atoms with van der Waals surface area (Å²) in [6.07, 6.45) is 3.85. The zero-order valence-electron chi connectivity index (χ0n) is 15.0. The Hall–Kier alpha value is -3.63. The van der Waals surface area contributed by atoms with E-state index in [1.807, 2.05) is 48.0 Å². The van der Waals surface area contributed by atoms with Crippen molar-refractivity contribution >= 4 is 21.4 Å². The van der Waals surface area contributed by atoms with Gasteiger partial charge in [0.05, 0.1) is 22.2 Å². The highest BCUT2D eigenvalue weighted by molar-refractivity contribution is 7.92. The number of benzene rings is 2. The molecule has 1 N–H and O–H groups in total. The molecule has 4 aromatic rings. The lowest BCUT2D eigenvalue weighted by Crippen LogP contribution is -2.12. The monoisotopic (exact) mass is 388 g/mol. The summed E-state index contributed by atoms with van der Waals surface area (Å²) in [7, 11) is -3.75. The number of pyridine rings is 1. The Balaban J connectivity index is 1.65. The topological polar surface area (TPSA) is 87.3 Å². The third-order valence-corrected chi connectivity index (χ3v) is 5.72.